The van der Waals surface area contributed by atoms with Crippen LogP contribution in [0.4, 0.5) is 0 Å². The van der Waals surface area contributed by atoms with E-state index in [9.17, 15) is 9.59 Å². The summed E-state index contributed by atoms with van der Waals surface area (Å²) in [6, 6.07) is 19.7. The van der Waals surface area contributed by atoms with E-state index in [2.05, 4.69) is 10.6 Å². The van der Waals surface area contributed by atoms with Gasteiger partial charge in [0.05, 0.1) is 14.2 Å². The third-order valence-corrected chi connectivity index (χ3v) is 5.39. The molecule has 3 aromatic rings. The number of nitrogens with one attached hydrogen (secondary N) is 2. The van der Waals surface area contributed by atoms with Crippen molar-refractivity contribution in [2.45, 2.75) is 13.3 Å². The van der Waals surface area contributed by atoms with Gasteiger partial charge in [-0.2, -0.15) is 0 Å². The van der Waals surface area contributed by atoms with Crippen LogP contribution in [0, 0.1) is 6.92 Å². The number of carbonyl (C=O) groups is 2. The molecule has 0 unspecified atom stereocenters. The van der Waals surface area contributed by atoms with Crippen molar-refractivity contribution in [3.8, 4) is 11.5 Å². The van der Waals surface area contributed by atoms with Crippen molar-refractivity contribution in [1.82, 2.24) is 10.6 Å². The van der Waals surface area contributed by atoms with Crippen molar-refractivity contribution in [2.75, 3.05) is 20.8 Å². The van der Waals surface area contributed by atoms with Crippen molar-refractivity contribution in [2.24, 2.45) is 0 Å². The van der Waals surface area contributed by atoms with E-state index >= 15 is 0 Å². The highest BCUT2D eigenvalue weighted by atomic mass is 35.5. The summed E-state index contributed by atoms with van der Waals surface area (Å²) >= 11 is 5.97. The summed E-state index contributed by atoms with van der Waals surface area (Å²) in [4.78, 5) is 25.7. The molecule has 34 heavy (non-hydrogen) atoms. The average molecular weight is 479 g/mol. The second kappa shape index (κ2) is 11.9. The van der Waals surface area contributed by atoms with E-state index in [4.69, 9.17) is 21.1 Å². The summed E-state index contributed by atoms with van der Waals surface area (Å²) in [6.07, 6.45) is 2.19. The van der Waals surface area contributed by atoms with Crippen LogP contribution in [0.5, 0.6) is 11.5 Å². The number of hydrogen-bond donors (Lipinski definition) is 2. The molecule has 0 radical (unpaired) electrons. The van der Waals surface area contributed by atoms with Crippen LogP contribution in [0.25, 0.3) is 6.08 Å². The molecule has 3 aromatic carbocycles. The lowest BCUT2D eigenvalue weighted by molar-refractivity contribution is -0.117. The van der Waals surface area contributed by atoms with Crippen LogP contribution in [0.2, 0.25) is 5.02 Å². The molecule has 7 heteroatoms. The first-order chi connectivity index (χ1) is 16.4. The summed E-state index contributed by atoms with van der Waals surface area (Å²) < 4.78 is 10.6. The van der Waals surface area contributed by atoms with E-state index in [1.165, 1.54) is 0 Å². The van der Waals surface area contributed by atoms with E-state index in [-0.39, 0.29) is 11.6 Å². The average Bonchev–Trinajstić information content (AvgIpc) is 2.85. The van der Waals surface area contributed by atoms with Gasteiger partial charge >= 0.3 is 0 Å². The smallest absolute Gasteiger partial charge is 0.267 e. The molecule has 0 aliphatic rings. The molecule has 0 saturated carbocycles. The Labute approximate surface area is 204 Å². The first-order valence-corrected chi connectivity index (χ1v) is 11.1. The molecular formula is C27H27ClN2O4. The number of methoxy groups -OCH3 is 2. The number of hydrogen-bond acceptors (Lipinski definition) is 4. The lowest BCUT2D eigenvalue weighted by Crippen LogP contribution is -2.35. The number of rotatable bonds is 9. The van der Waals surface area contributed by atoms with E-state index in [0.717, 1.165) is 16.7 Å². The fourth-order valence-corrected chi connectivity index (χ4v) is 3.36. The number of aryl methyl sites for hydroxylation is 1. The Bertz CT molecular complexity index is 1170. The van der Waals surface area contributed by atoms with Gasteiger partial charge in [-0.3, -0.25) is 9.59 Å². The molecule has 176 valence electrons. The van der Waals surface area contributed by atoms with Gasteiger partial charge in [0.2, 0.25) is 0 Å². The van der Waals surface area contributed by atoms with Gasteiger partial charge in [0.25, 0.3) is 11.8 Å². The molecular weight excluding hydrogens is 452 g/mol. The molecule has 0 spiro atoms. The van der Waals surface area contributed by atoms with E-state index in [0.29, 0.717) is 35.1 Å². The van der Waals surface area contributed by atoms with Gasteiger partial charge < -0.3 is 20.1 Å². The lowest BCUT2D eigenvalue weighted by Gasteiger charge is -2.12. The van der Waals surface area contributed by atoms with Crippen molar-refractivity contribution in [3.05, 3.63) is 99.7 Å². The monoisotopic (exact) mass is 478 g/mol. The largest absolute Gasteiger partial charge is 0.493 e. The quantitative estimate of drug-likeness (QED) is 0.433. The minimum Gasteiger partial charge on any atom is -0.493 e. The van der Waals surface area contributed by atoms with Crippen LogP contribution in [-0.2, 0) is 11.2 Å². The van der Waals surface area contributed by atoms with Gasteiger partial charge in [-0.15, -0.1) is 0 Å². The minimum atomic E-state index is -0.393. The molecule has 0 aliphatic heterocycles. The summed E-state index contributed by atoms with van der Waals surface area (Å²) in [7, 11) is 3.16. The predicted octanol–water partition coefficient (Wildman–Crippen LogP) is 4.80. The van der Waals surface area contributed by atoms with Gasteiger partial charge in [-0.25, -0.2) is 0 Å². The maximum atomic E-state index is 13.0. The second-order valence-corrected chi connectivity index (χ2v) is 8.06. The number of carbonyl (C=O) groups excluding carboxylic acids is 2. The molecule has 3 rings (SSSR count). The van der Waals surface area contributed by atoms with Crippen molar-refractivity contribution in [1.29, 1.82) is 0 Å². The van der Waals surface area contributed by atoms with Crippen LogP contribution >= 0.6 is 11.6 Å². The lowest BCUT2D eigenvalue weighted by atomic mass is 10.1. The third kappa shape index (κ3) is 6.86. The Morgan fingerprint density at radius 1 is 0.912 bits per heavy atom. The summed E-state index contributed by atoms with van der Waals surface area (Å²) in [5.74, 6) is 0.508. The second-order valence-electron chi connectivity index (χ2n) is 7.62. The van der Waals surface area contributed by atoms with Crippen molar-refractivity contribution >= 4 is 29.5 Å². The van der Waals surface area contributed by atoms with Gasteiger partial charge in [0.1, 0.15) is 5.70 Å². The summed E-state index contributed by atoms with van der Waals surface area (Å²) in [6.45, 7) is 2.31. The number of amides is 2. The minimum absolute atomic E-state index is 0.139. The highest BCUT2D eigenvalue weighted by Crippen LogP contribution is 2.27. The van der Waals surface area contributed by atoms with Gasteiger partial charge in [-0.05, 0) is 66.9 Å². The molecule has 0 atom stereocenters. The zero-order valence-corrected chi connectivity index (χ0v) is 20.1. The van der Waals surface area contributed by atoms with Crippen molar-refractivity contribution in [3.63, 3.8) is 0 Å². The SMILES string of the molecule is COc1ccc(CCNC(=O)/C(=C/c2ccc(Cl)cc2)NC(=O)c2ccc(C)cc2)cc1OC. The maximum absolute atomic E-state index is 13.0. The molecule has 0 heterocycles. The fourth-order valence-electron chi connectivity index (χ4n) is 3.24. The molecule has 2 amide bonds. The third-order valence-electron chi connectivity index (χ3n) is 5.13. The zero-order chi connectivity index (χ0) is 24.5. The van der Waals surface area contributed by atoms with Crippen molar-refractivity contribution < 1.29 is 19.1 Å². The number of halogens is 1. The highest BCUT2D eigenvalue weighted by molar-refractivity contribution is 6.30. The maximum Gasteiger partial charge on any atom is 0.267 e. The zero-order valence-electron chi connectivity index (χ0n) is 19.4. The summed E-state index contributed by atoms with van der Waals surface area (Å²) in [5, 5.41) is 6.20. The molecule has 0 aromatic heterocycles. The molecule has 0 fully saturated rings. The molecule has 0 bridgehead atoms. The Morgan fingerprint density at radius 2 is 1.59 bits per heavy atom. The predicted molar refractivity (Wildman–Crippen MR) is 134 cm³/mol. The van der Waals surface area contributed by atoms with Crippen LogP contribution in [0.3, 0.4) is 0 Å². The molecule has 0 saturated heterocycles. The Morgan fingerprint density at radius 3 is 2.24 bits per heavy atom. The van der Waals surface area contributed by atoms with E-state index < -0.39 is 5.91 Å². The topological polar surface area (TPSA) is 76.7 Å². The van der Waals surface area contributed by atoms with Gasteiger partial charge in [0, 0.05) is 17.1 Å². The van der Waals surface area contributed by atoms with Crippen LogP contribution < -0.4 is 20.1 Å². The number of ether oxygens (including phenoxy) is 2. The first kappa shape index (κ1) is 24.9. The Hall–Kier alpha value is -3.77. The standard InChI is InChI=1S/C27H27ClN2O4/c1-18-4-9-21(10-5-18)26(31)30-23(16-19-6-11-22(28)12-7-19)27(32)29-15-14-20-8-13-24(33-2)25(17-20)34-3/h4-13,16-17H,14-15H2,1-3H3,(H,29,32)(H,30,31)/b23-16-. The van der Waals surface area contributed by atoms with Gasteiger partial charge in [-0.1, -0.05) is 47.5 Å². The molecule has 0 aliphatic carbocycles. The van der Waals surface area contributed by atoms with Crippen LogP contribution in [0.15, 0.2) is 72.4 Å². The van der Waals surface area contributed by atoms with E-state index in [1.54, 1.807) is 56.7 Å². The van der Waals surface area contributed by atoms with Crippen LogP contribution in [-0.4, -0.2) is 32.6 Å². The Kier molecular flexibility index (Phi) is 8.71. The fraction of sp³-hybridized carbons (Fsp3) is 0.185. The van der Waals surface area contributed by atoms with Crippen LogP contribution in [0.1, 0.15) is 27.0 Å². The first-order valence-electron chi connectivity index (χ1n) is 10.7. The molecule has 2 N–H and O–H groups in total. The van der Waals surface area contributed by atoms with Gasteiger partial charge in [0.15, 0.2) is 11.5 Å². The Balaban J connectivity index is 1.73. The number of benzene rings is 3. The molecule has 6 nitrogen and oxygen atoms in total. The van der Waals surface area contributed by atoms with E-state index in [1.807, 2.05) is 37.3 Å². The summed E-state index contributed by atoms with van der Waals surface area (Å²) in [5.41, 5.74) is 3.36. The highest BCUT2D eigenvalue weighted by Gasteiger charge is 2.15. The normalized spacial score (nSPS) is 11.0.